The van der Waals surface area contributed by atoms with Gasteiger partial charge in [-0.2, -0.15) is 14.9 Å². The summed E-state index contributed by atoms with van der Waals surface area (Å²) in [5, 5.41) is 10.9. The van der Waals surface area contributed by atoms with E-state index in [1.54, 1.807) is 25.1 Å². The molecule has 0 atom stereocenters. The molecule has 0 aliphatic rings. The smallest absolute Gasteiger partial charge is 0.216 e. The van der Waals surface area contributed by atoms with Crippen molar-refractivity contribution in [1.82, 2.24) is 14.9 Å². The van der Waals surface area contributed by atoms with Crippen LogP contribution in [0.1, 0.15) is 11.4 Å². The number of aryl methyl sites for hydroxylation is 1. The van der Waals surface area contributed by atoms with E-state index in [9.17, 15) is 0 Å². The van der Waals surface area contributed by atoms with Crippen LogP contribution in [0, 0.1) is 11.7 Å². The van der Waals surface area contributed by atoms with E-state index in [0.29, 0.717) is 22.1 Å². The van der Waals surface area contributed by atoms with Crippen molar-refractivity contribution in [3.8, 4) is 11.5 Å². The minimum absolute atomic E-state index is 0.453. The number of nitrogens with one attached hydrogen (secondary N) is 1. The first-order valence-electron chi connectivity index (χ1n) is 5.56. The van der Waals surface area contributed by atoms with Crippen molar-refractivity contribution in [2.75, 3.05) is 14.2 Å². The van der Waals surface area contributed by atoms with E-state index in [1.165, 1.54) is 0 Å². The SMILES string of the molecule is COc1ccc(/C=N/n2c(C)n[nH]c2=S)cc1OC. The van der Waals surface area contributed by atoms with Crippen LogP contribution in [0.4, 0.5) is 0 Å². The zero-order chi connectivity index (χ0) is 13.8. The Kier molecular flexibility index (Phi) is 3.96. The van der Waals surface area contributed by atoms with Gasteiger partial charge in [0.05, 0.1) is 20.4 Å². The molecule has 0 saturated carbocycles. The Morgan fingerprint density at radius 2 is 2.05 bits per heavy atom. The summed E-state index contributed by atoms with van der Waals surface area (Å²) in [6.45, 7) is 1.82. The number of benzene rings is 1. The normalized spacial score (nSPS) is 10.9. The fourth-order valence-electron chi connectivity index (χ4n) is 1.56. The van der Waals surface area contributed by atoms with Crippen LogP contribution in [0.3, 0.4) is 0 Å². The Morgan fingerprint density at radius 1 is 1.32 bits per heavy atom. The number of ether oxygens (including phenoxy) is 2. The van der Waals surface area contributed by atoms with Crippen molar-refractivity contribution in [1.29, 1.82) is 0 Å². The number of hydrogen-bond acceptors (Lipinski definition) is 5. The molecular weight excluding hydrogens is 264 g/mol. The first kappa shape index (κ1) is 13.3. The van der Waals surface area contributed by atoms with Crippen molar-refractivity contribution in [2.24, 2.45) is 5.10 Å². The van der Waals surface area contributed by atoms with E-state index < -0.39 is 0 Å². The van der Waals surface area contributed by atoms with Gasteiger partial charge in [0.15, 0.2) is 11.5 Å². The van der Waals surface area contributed by atoms with Crippen molar-refractivity contribution in [2.45, 2.75) is 6.92 Å². The molecule has 0 amide bonds. The molecule has 1 aromatic carbocycles. The molecular formula is C12H14N4O2S. The third-order valence-corrected chi connectivity index (χ3v) is 2.81. The minimum Gasteiger partial charge on any atom is -0.493 e. The fraction of sp³-hybridized carbons (Fsp3) is 0.250. The van der Waals surface area contributed by atoms with Gasteiger partial charge < -0.3 is 9.47 Å². The quantitative estimate of drug-likeness (QED) is 0.687. The number of hydrogen-bond donors (Lipinski definition) is 1. The Balaban J connectivity index is 2.31. The summed E-state index contributed by atoms with van der Waals surface area (Å²) in [7, 11) is 3.19. The molecule has 19 heavy (non-hydrogen) atoms. The molecule has 100 valence electrons. The first-order valence-corrected chi connectivity index (χ1v) is 5.97. The third-order valence-electron chi connectivity index (χ3n) is 2.54. The van der Waals surface area contributed by atoms with Gasteiger partial charge in [-0.3, -0.25) is 5.10 Å². The lowest BCUT2D eigenvalue weighted by Gasteiger charge is -2.07. The summed E-state index contributed by atoms with van der Waals surface area (Å²) in [5.74, 6) is 2.02. The molecule has 1 aromatic heterocycles. The summed E-state index contributed by atoms with van der Waals surface area (Å²) in [4.78, 5) is 0. The van der Waals surface area contributed by atoms with Crippen LogP contribution in [0.15, 0.2) is 23.3 Å². The van der Waals surface area contributed by atoms with Gasteiger partial charge in [0, 0.05) is 0 Å². The Bertz CT molecular complexity index is 660. The highest BCUT2D eigenvalue weighted by Gasteiger charge is 2.03. The molecule has 0 saturated heterocycles. The molecule has 0 bridgehead atoms. The average molecular weight is 278 g/mol. The van der Waals surface area contributed by atoms with E-state index in [4.69, 9.17) is 21.7 Å². The molecule has 2 rings (SSSR count). The van der Waals surface area contributed by atoms with Crippen LogP contribution in [0.5, 0.6) is 11.5 Å². The number of nitrogens with zero attached hydrogens (tertiary/aromatic N) is 3. The molecule has 1 N–H and O–H groups in total. The maximum Gasteiger partial charge on any atom is 0.216 e. The molecule has 0 spiro atoms. The molecule has 0 aliphatic carbocycles. The molecule has 6 nitrogen and oxygen atoms in total. The highest BCUT2D eigenvalue weighted by molar-refractivity contribution is 7.71. The monoisotopic (exact) mass is 278 g/mol. The van der Waals surface area contributed by atoms with Crippen LogP contribution >= 0.6 is 12.2 Å². The largest absolute Gasteiger partial charge is 0.493 e. The first-order chi connectivity index (χ1) is 9.15. The molecule has 0 aliphatic heterocycles. The summed E-state index contributed by atoms with van der Waals surface area (Å²) >= 11 is 5.06. The van der Waals surface area contributed by atoms with Gasteiger partial charge in [0.2, 0.25) is 4.77 Å². The number of aromatic nitrogens is 3. The van der Waals surface area contributed by atoms with Gasteiger partial charge >= 0.3 is 0 Å². The van der Waals surface area contributed by atoms with Gasteiger partial charge in [-0.15, -0.1) is 0 Å². The molecule has 0 radical (unpaired) electrons. The molecule has 2 aromatic rings. The molecule has 7 heteroatoms. The molecule has 1 heterocycles. The van der Waals surface area contributed by atoms with Crippen LogP contribution in [0.25, 0.3) is 0 Å². The maximum absolute atomic E-state index is 5.23. The molecule has 0 fully saturated rings. The fourth-order valence-corrected chi connectivity index (χ4v) is 1.79. The standard InChI is InChI=1S/C12H14N4O2S/c1-8-14-15-12(19)16(8)13-7-9-4-5-10(17-2)11(6-9)18-3/h4-7H,1-3H3,(H,15,19)/b13-7+. The van der Waals surface area contributed by atoms with Crippen LogP contribution in [-0.4, -0.2) is 35.3 Å². The summed E-state index contributed by atoms with van der Waals surface area (Å²) in [6.07, 6.45) is 1.68. The van der Waals surface area contributed by atoms with Gasteiger partial charge in [-0.05, 0) is 42.9 Å². The predicted octanol–water partition coefficient (Wildman–Crippen LogP) is 2.15. The van der Waals surface area contributed by atoms with E-state index in [-0.39, 0.29) is 0 Å². The summed E-state index contributed by atoms with van der Waals surface area (Å²) in [5.41, 5.74) is 0.875. The molecule has 0 unspecified atom stereocenters. The second kappa shape index (κ2) is 5.66. The highest BCUT2D eigenvalue weighted by Crippen LogP contribution is 2.26. The minimum atomic E-state index is 0.453. The van der Waals surface area contributed by atoms with E-state index in [0.717, 1.165) is 5.56 Å². The number of H-pyrrole nitrogens is 1. The summed E-state index contributed by atoms with van der Waals surface area (Å²) < 4.78 is 12.4. The third kappa shape index (κ3) is 2.82. The van der Waals surface area contributed by atoms with Gasteiger partial charge in [0.1, 0.15) is 5.82 Å². The van der Waals surface area contributed by atoms with E-state index >= 15 is 0 Å². The zero-order valence-electron chi connectivity index (χ0n) is 10.9. The van der Waals surface area contributed by atoms with E-state index in [2.05, 4.69) is 15.3 Å². The second-order valence-corrected chi connectivity index (χ2v) is 4.13. The Hall–Kier alpha value is -2.15. The summed E-state index contributed by atoms with van der Waals surface area (Å²) in [6, 6.07) is 5.53. The van der Waals surface area contributed by atoms with Crippen molar-refractivity contribution >= 4 is 18.4 Å². The number of methoxy groups -OCH3 is 2. The number of aromatic amines is 1. The van der Waals surface area contributed by atoms with Crippen molar-refractivity contribution < 1.29 is 9.47 Å². The Labute approximate surface area is 115 Å². The highest BCUT2D eigenvalue weighted by atomic mass is 32.1. The van der Waals surface area contributed by atoms with Crippen LogP contribution < -0.4 is 9.47 Å². The van der Waals surface area contributed by atoms with Crippen LogP contribution in [-0.2, 0) is 0 Å². The lowest BCUT2D eigenvalue weighted by atomic mass is 10.2. The number of rotatable bonds is 4. The van der Waals surface area contributed by atoms with Crippen molar-refractivity contribution in [3.63, 3.8) is 0 Å². The topological polar surface area (TPSA) is 64.4 Å². The lowest BCUT2D eigenvalue weighted by Crippen LogP contribution is -1.95. The van der Waals surface area contributed by atoms with Gasteiger partial charge in [-0.1, -0.05) is 0 Å². The lowest BCUT2D eigenvalue weighted by molar-refractivity contribution is 0.355. The van der Waals surface area contributed by atoms with Gasteiger partial charge in [-0.25, -0.2) is 0 Å². The zero-order valence-corrected chi connectivity index (χ0v) is 11.7. The second-order valence-electron chi connectivity index (χ2n) is 3.75. The van der Waals surface area contributed by atoms with E-state index in [1.807, 2.05) is 25.1 Å². The average Bonchev–Trinajstić information content (AvgIpc) is 2.75. The van der Waals surface area contributed by atoms with Gasteiger partial charge in [0.25, 0.3) is 0 Å². The predicted molar refractivity (Wildman–Crippen MR) is 74.7 cm³/mol. The maximum atomic E-state index is 5.23. The van der Waals surface area contributed by atoms with Crippen molar-refractivity contribution in [3.05, 3.63) is 34.4 Å². The van der Waals surface area contributed by atoms with Crippen LogP contribution in [0.2, 0.25) is 0 Å². The Morgan fingerprint density at radius 3 is 2.63 bits per heavy atom.